The Bertz CT molecular complexity index is 834. The van der Waals surface area contributed by atoms with Crippen molar-refractivity contribution >= 4 is 11.7 Å². The molecular formula is C15H17N5O4. The number of anilines is 1. The lowest BCUT2D eigenvalue weighted by atomic mass is 10.3. The third-order valence-corrected chi connectivity index (χ3v) is 3.34. The van der Waals surface area contributed by atoms with Gasteiger partial charge in [0.1, 0.15) is 17.1 Å². The van der Waals surface area contributed by atoms with Gasteiger partial charge in [0.15, 0.2) is 5.76 Å². The van der Waals surface area contributed by atoms with E-state index in [1.807, 2.05) is 0 Å². The summed E-state index contributed by atoms with van der Waals surface area (Å²) in [6, 6.07) is 5.19. The Morgan fingerprint density at radius 2 is 2.29 bits per heavy atom. The Labute approximate surface area is 137 Å². The van der Waals surface area contributed by atoms with Crippen molar-refractivity contribution in [1.29, 1.82) is 0 Å². The van der Waals surface area contributed by atoms with Gasteiger partial charge < -0.3 is 19.6 Å². The fourth-order valence-corrected chi connectivity index (χ4v) is 2.29. The van der Waals surface area contributed by atoms with Gasteiger partial charge in [-0.25, -0.2) is 4.68 Å². The van der Waals surface area contributed by atoms with Crippen molar-refractivity contribution in [2.75, 3.05) is 19.0 Å². The largest absolute Gasteiger partial charge is 0.479 e. The predicted octanol–water partition coefficient (Wildman–Crippen LogP) is 1.13. The lowest BCUT2D eigenvalue weighted by Crippen LogP contribution is -2.17. The van der Waals surface area contributed by atoms with E-state index in [9.17, 15) is 9.90 Å². The summed E-state index contributed by atoms with van der Waals surface area (Å²) in [5.74, 6) is 0.854. The average molecular weight is 331 g/mol. The van der Waals surface area contributed by atoms with Crippen LogP contribution in [0.5, 0.6) is 5.88 Å². The summed E-state index contributed by atoms with van der Waals surface area (Å²) in [5, 5.41) is 20.3. The molecule has 0 aromatic carbocycles. The van der Waals surface area contributed by atoms with Crippen LogP contribution in [0.15, 0.2) is 35.1 Å². The van der Waals surface area contributed by atoms with Crippen molar-refractivity contribution in [3.05, 3.63) is 36.2 Å². The number of amides is 1. The number of aromatic nitrogens is 4. The molecule has 1 amide bonds. The highest BCUT2D eigenvalue weighted by molar-refractivity contribution is 6.05. The number of nitrogens with one attached hydrogen (secondary N) is 1. The maximum atomic E-state index is 12.5. The SMILES string of the molecule is COc1nn(C)cc1C(=O)Nc1cc(-c2ccco2)nn1CCO. The van der Waals surface area contributed by atoms with Crippen molar-refractivity contribution in [3.8, 4) is 17.3 Å². The number of rotatable bonds is 6. The number of carbonyl (C=O) groups is 1. The molecule has 9 heteroatoms. The fraction of sp³-hybridized carbons (Fsp3) is 0.267. The van der Waals surface area contributed by atoms with Crippen LogP contribution in [-0.4, -0.2) is 44.3 Å². The zero-order valence-electron chi connectivity index (χ0n) is 13.3. The third kappa shape index (κ3) is 3.01. The van der Waals surface area contributed by atoms with Gasteiger partial charge >= 0.3 is 0 Å². The maximum Gasteiger partial charge on any atom is 0.263 e. The van der Waals surface area contributed by atoms with Gasteiger partial charge in [-0.05, 0) is 12.1 Å². The monoisotopic (exact) mass is 331 g/mol. The van der Waals surface area contributed by atoms with Crippen LogP contribution in [0.25, 0.3) is 11.5 Å². The highest BCUT2D eigenvalue weighted by Gasteiger charge is 2.19. The molecule has 24 heavy (non-hydrogen) atoms. The molecule has 0 bridgehead atoms. The Morgan fingerprint density at radius 1 is 1.46 bits per heavy atom. The fourth-order valence-electron chi connectivity index (χ4n) is 2.29. The van der Waals surface area contributed by atoms with Gasteiger partial charge in [0.25, 0.3) is 5.91 Å². The maximum absolute atomic E-state index is 12.5. The van der Waals surface area contributed by atoms with Crippen molar-refractivity contribution < 1.29 is 19.1 Å². The molecule has 3 aromatic heterocycles. The van der Waals surface area contributed by atoms with Crippen LogP contribution in [0, 0.1) is 0 Å². The number of carbonyl (C=O) groups excluding carboxylic acids is 1. The minimum Gasteiger partial charge on any atom is -0.479 e. The van der Waals surface area contributed by atoms with Gasteiger partial charge in [0, 0.05) is 19.3 Å². The van der Waals surface area contributed by atoms with Gasteiger partial charge in [0.2, 0.25) is 5.88 Å². The second-order valence-electron chi connectivity index (χ2n) is 5.02. The Balaban J connectivity index is 1.89. The van der Waals surface area contributed by atoms with Crippen molar-refractivity contribution in [2.24, 2.45) is 7.05 Å². The number of furan rings is 1. The molecule has 0 aliphatic rings. The normalized spacial score (nSPS) is 10.8. The van der Waals surface area contributed by atoms with E-state index in [-0.39, 0.29) is 24.9 Å². The number of nitrogens with zero attached hydrogens (tertiary/aromatic N) is 4. The summed E-state index contributed by atoms with van der Waals surface area (Å²) >= 11 is 0. The molecule has 0 atom stereocenters. The number of methoxy groups -OCH3 is 1. The highest BCUT2D eigenvalue weighted by Crippen LogP contribution is 2.23. The summed E-state index contributed by atoms with van der Waals surface area (Å²) in [7, 11) is 3.15. The lowest BCUT2D eigenvalue weighted by Gasteiger charge is -2.07. The molecule has 0 radical (unpaired) electrons. The molecule has 0 spiro atoms. The summed E-state index contributed by atoms with van der Waals surface area (Å²) in [6.07, 6.45) is 3.10. The van der Waals surface area contributed by atoms with Gasteiger partial charge in [-0.3, -0.25) is 9.48 Å². The van der Waals surface area contributed by atoms with Crippen LogP contribution in [0.2, 0.25) is 0 Å². The van der Waals surface area contributed by atoms with E-state index >= 15 is 0 Å². The topological polar surface area (TPSA) is 107 Å². The minimum atomic E-state index is -0.384. The van der Waals surface area contributed by atoms with E-state index in [1.165, 1.54) is 16.5 Å². The van der Waals surface area contributed by atoms with Gasteiger partial charge in [0.05, 0.1) is 26.5 Å². The van der Waals surface area contributed by atoms with Gasteiger partial charge in [-0.2, -0.15) is 5.10 Å². The van der Waals surface area contributed by atoms with Crippen LogP contribution < -0.4 is 10.1 Å². The molecule has 2 N–H and O–H groups in total. The van der Waals surface area contributed by atoms with E-state index in [4.69, 9.17) is 9.15 Å². The number of hydrogen-bond acceptors (Lipinski definition) is 6. The van der Waals surface area contributed by atoms with Crippen LogP contribution in [0.1, 0.15) is 10.4 Å². The molecule has 0 saturated heterocycles. The van der Waals surface area contributed by atoms with E-state index < -0.39 is 0 Å². The van der Waals surface area contributed by atoms with Crippen LogP contribution in [0.4, 0.5) is 5.82 Å². The number of hydrogen-bond donors (Lipinski definition) is 2. The Hall–Kier alpha value is -3.07. The minimum absolute atomic E-state index is 0.113. The summed E-state index contributed by atoms with van der Waals surface area (Å²) in [5.41, 5.74) is 0.859. The zero-order chi connectivity index (χ0) is 17.1. The molecule has 3 aromatic rings. The Kier molecular flexibility index (Phi) is 4.34. The predicted molar refractivity (Wildman–Crippen MR) is 84.7 cm³/mol. The molecule has 0 saturated carbocycles. The lowest BCUT2D eigenvalue weighted by molar-refractivity contribution is 0.102. The second kappa shape index (κ2) is 6.59. The molecule has 0 fully saturated rings. The first-order valence-electron chi connectivity index (χ1n) is 7.24. The van der Waals surface area contributed by atoms with E-state index in [0.29, 0.717) is 22.8 Å². The van der Waals surface area contributed by atoms with E-state index in [1.54, 1.807) is 37.7 Å². The van der Waals surface area contributed by atoms with Crippen LogP contribution >= 0.6 is 0 Å². The number of aliphatic hydroxyl groups is 1. The van der Waals surface area contributed by atoms with Gasteiger partial charge in [-0.15, -0.1) is 5.10 Å². The van der Waals surface area contributed by atoms with Crippen molar-refractivity contribution in [1.82, 2.24) is 19.6 Å². The quantitative estimate of drug-likeness (QED) is 0.701. The molecule has 126 valence electrons. The zero-order valence-corrected chi connectivity index (χ0v) is 13.3. The molecule has 3 rings (SSSR count). The number of aryl methyl sites for hydroxylation is 1. The van der Waals surface area contributed by atoms with Crippen LogP contribution in [0.3, 0.4) is 0 Å². The summed E-state index contributed by atoms with van der Waals surface area (Å²) < 4.78 is 13.4. The van der Waals surface area contributed by atoms with E-state index in [0.717, 1.165) is 0 Å². The smallest absolute Gasteiger partial charge is 0.263 e. The first kappa shape index (κ1) is 15.8. The first-order chi connectivity index (χ1) is 11.6. The molecule has 0 unspecified atom stereocenters. The number of ether oxygens (including phenoxy) is 1. The molecular weight excluding hydrogens is 314 g/mol. The van der Waals surface area contributed by atoms with Crippen molar-refractivity contribution in [2.45, 2.75) is 6.54 Å². The summed E-state index contributed by atoms with van der Waals surface area (Å²) in [4.78, 5) is 12.5. The molecule has 9 nitrogen and oxygen atoms in total. The number of aliphatic hydroxyl groups excluding tert-OH is 1. The van der Waals surface area contributed by atoms with Gasteiger partial charge in [-0.1, -0.05) is 0 Å². The molecule has 0 aliphatic carbocycles. The average Bonchev–Trinajstić information content (AvgIpc) is 3.27. The Morgan fingerprint density at radius 3 is 2.96 bits per heavy atom. The first-order valence-corrected chi connectivity index (χ1v) is 7.24. The standard InChI is InChI=1S/C15H17N5O4/c1-19-9-10(15(18-19)23-2)14(22)16-13-8-11(12-4-3-7-24-12)17-20(13)5-6-21/h3-4,7-9,21H,5-6H2,1-2H3,(H,16,22). The molecule has 3 heterocycles. The highest BCUT2D eigenvalue weighted by atomic mass is 16.5. The van der Waals surface area contributed by atoms with Crippen LogP contribution in [-0.2, 0) is 13.6 Å². The summed E-state index contributed by atoms with van der Waals surface area (Å²) in [6.45, 7) is 0.124. The van der Waals surface area contributed by atoms with E-state index in [2.05, 4.69) is 15.5 Å². The second-order valence-corrected chi connectivity index (χ2v) is 5.02. The van der Waals surface area contributed by atoms with Crippen molar-refractivity contribution in [3.63, 3.8) is 0 Å². The third-order valence-electron chi connectivity index (χ3n) is 3.34. The molecule has 0 aliphatic heterocycles.